The molecule has 5 heteroatoms. The number of rotatable bonds is 7. The van der Waals surface area contributed by atoms with Crippen molar-refractivity contribution < 1.29 is 4.74 Å². The van der Waals surface area contributed by atoms with E-state index in [2.05, 4.69) is 175 Å². The first kappa shape index (κ1) is 35.6. The summed E-state index contributed by atoms with van der Waals surface area (Å²) in [4.78, 5) is 10.5. The summed E-state index contributed by atoms with van der Waals surface area (Å²) in [6.07, 6.45) is 1.92. The second kappa shape index (κ2) is 13.3. The molecule has 0 unspecified atom stereocenters. The summed E-state index contributed by atoms with van der Waals surface area (Å²) in [5.41, 5.74) is 12.2. The Labute approximate surface area is 329 Å². The highest BCUT2D eigenvalue weighted by molar-refractivity contribution is 8.14. The van der Waals surface area contributed by atoms with E-state index in [1.165, 1.54) is 49.7 Å². The zero-order valence-electron chi connectivity index (χ0n) is 33.1. The fourth-order valence-electron chi connectivity index (χ4n) is 8.67. The maximum Gasteiger partial charge on any atom is 0.141 e. The molecule has 0 spiro atoms. The minimum atomic E-state index is -0.197. The molecule has 0 radical (unpaired) electrons. The first-order chi connectivity index (χ1) is 26.4. The highest BCUT2D eigenvalue weighted by atomic mass is 32.2. The molecule has 4 nitrogen and oxygen atoms in total. The smallest absolute Gasteiger partial charge is 0.141 e. The van der Waals surface area contributed by atoms with Crippen LogP contribution in [0.2, 0.25) is 0 Å². The lowest BCUT2D eigenvalue weighted by Gasteiger charge is -2.35. The zero-order chi connectivity index (χ0) is 38.2. The number of pyridine rings is 1. The Morgan fingerprint density at radius 1 is 0.782 bits per heavy atom. The number of hydrogen-bond acceptors (Lipinski definition) is 4. The van der Waals surface area contributed by atoms with Gasteiger partial charge in [-0.3, -0.25) is 9.56 Å². The molecule has 55 heavy (non-hydrogen) atoms. The topological polar surface area (TPSA) is 39.4 Å². The lowest BCUT2D eigenvalue weighted by Crippen LogP contribution is -2.28. The summed E-state index contributed by atoms with van der Waals surface area (Å²) in [5.74, 6) is 4.13. The fraction of sp³-hybridized carbons (Fsp3) is 0.280. The molecule has 276 valence electrons. The minimum absolute atomic E-state index is 0.00751. The molecule has 0 bridgehead atoms. The molecule has 0 aliphatic carbocycles. The summed E-state index contributed by atoms with van der Waals surface area (Å²) in [6.45, 7) is 18.3. The predicted molar refractivity (Wildman–Crippen MR) is 232 cm³/mol. The van der Waals surface area contributed by atoms with Crippen LogP contribution in [0.25, 0.3) is 27.6 Å². The molecule has 9 rings (SSSR count). The molecule has 0 N–H and O–H groups in total. The second-order valence-electron chi connectivity index (χ2n) is 17.3. The number of aryl methyl sites for hydroxylation is 1. The quantitative estimate of drug-likeness (QED) is 0.163. The Hall–Kier alpha value is -5.13. The molecule has 2 aliphatic heterocycles. The van der Waals surface area contributed by atoms with Crippen LogP contribution in [-0.4, -0.2) is 26.4 Å². The Balaban J connectivity index is 1.15. The van der Waals surface area contributed by atoms with Crippen molar-refractivity contribution in [3.63, 3.8) is 0 Å². The molecule has 0 fully saturated rings. The molecular weight excluding hydrogens is 691 g/mol. The van der Waals surface area contributed by atoms with Crippen molar-refractivity contribution in [1.82, 2.24) is 9.55 Å². The van der Waals surface area contributed by atoms with E-state index in [4.69, 9.17) is 14.7 Å². The van der Waals surface area contributed by atoms with Crippen molar-refractivity contribution in [3.05, 3.63) is 166 Å². The summed E-state index contributed by atoms with van der Waals surface area (Å²) in [7, 11) is 0. The highest BCUT2D eigenvalue weighted by Crippen LogP contribution is 2.49. The van der Waals surface area contributed by atoms with Gasteiger partial charge in [-0.1, -0.05) is 121 Å². The van der Waals surface area contributed by atoms with Crippen molar-refractivity contribution in [2.45, 2.75) is 84.1 Å². The van der Waals surface area contributed by atoms with Gasteiger partial charge >= 0.3 is 0 Å². The minimum Gasteiger partial charge on any atom is -0.457 e. The molecule has 4 heterocycles. The van der Waals surface area contributed by atoms with E-state index in [1.807, 2.05) is 18.0 Å². The van der Waals surface area contributed by atoms with Crippen LogP contribution in [0.5, 0.6) is 11.5 Å². The number of ether oxygens (including phenoxy) is 1. The molecule has 5 aromatic carbocycles. The first-order valence-corrected chi connectivity index (χ1v) is 20.6. The van der Waals surface area contributed by atoms with E-state index in [9.17, 15) is 0 Å². The third-order valence-electron chi connectivity index (χ3n) is 11.8. The Bertz CT molecular complexity index is 2590. The molecule has 0 saturated carbocycles. The van der Waals surface area contributed by atoms with Crippen molar-refractivity contribution in [2.75, 3.05) is 5.75 Å². The first-order valence-electron chi connectivity index (χ1n) is 19.6. The average Bonchev–Trinajstić information content (AvgIpc) is 3.78. The van der Waals surface area contributed by atoms with Gasteiger partial charge in [0.25, 0.3) is 0 Å². The average molecular weight is 740 g/mol. The molecule has 1 atom stereocenters. The molecular formula is C50H49N3OS. The van der Waals surface area contributed by atoms with Crippen LogP contribution in [0, 0.1) is 6.92 Å². The van der Waals surface area contributed by atoms with Crippen LogP contribution < -0.4 is 4.74 Å². The summed E-state index contributed by atoms with van der Waals surface area (Å²) >= 11 is 1.86. The highest BCUT2D eigenvalue weighted by Gasteiger charge is 2.37. The number of aromatic nitrogens is 2. The van der Waals surface area contributed by atoms with Gasteiger partial charge in [-0.15, -0.1) is 11.8 Å². The van der Waals surface area contributed by atoms with Gasteiger partial charge in [0.05, 0.1) is 22.1 Å². The van der Waals surface area contributed by atoms with Crippen LogP contribution in [0.3, 0.4) is 0 Å². The van der Waals surface area contributed by atoms with E-state index in [0.717, 1.165) is 44.8 Å². The van der Waals surface area contributed by atoms with Gasteiger partial charge in [0, 0.05) is 51.2 Å². The molecule has 2 aliphatic rings. The predicted octanol–water partition coefficient (Wildman–Crippen LogP) is 13.0. The van der Waals surface area contributed by atoms with Gasteiger partial charge < -0.3 is 4.74 Å². The summed E-state index contributed by atoms with van der Waals surface area (Å²) < 4.78 is 9.36. The maximum absolute atomic E-state index is 6.97. The Morgan fingerprint density at radius 2 is 1.49 bits per heavy atom. The second-order valence-corrected chi connectivity index (χ2v) is 18.3. The fourth-order valence-corrected chi connectivity index (χ4v) is 9.76. The Morgan fingerprint density at radius 3 is 2.16 bits per heavy atom. The van der Waals surface area contributed by atoms with Crippen molar-refractivity contribution in [1.29, 1.82) is 0 Å². The number of benzene rings is 5. The number of nitrogens with zero attached hydrogens (tertiary/aromatic N) is 3. The van der Waals surface area contributed by atoms with Crippen LogP contribution in [0.15, 0.2) is 126 Å². The van der Waals surface area contributed by atoms with Crippen LogP contribution >= 0.6 is 11.8 Å². The molecule has 7 aromatic rings. The number of hydrogen-bond donors (Lipinski definition) is 0. The largest absolute Gasteiger partial charge is 0.457 e. The molecule has 2 aromatic heterocycles. The standard InChI is InChI=1S/C50H49N3OS/c1-30(2)34-23-35(48-52-42(29-55-48)45(32-16-11-9-12-17-32)33-18-13-10-14-19-33)25-37(24-34)54-44-28-43-38(22-31(44)3)39-26-36(49(4,5)6)27-41-46(39)53(43)47-40(50(41,7)8)20-15-21-51-47/h9-28,30,42,45H,29H2,1-8H3/t42-/m0/s1. The number of thioether (sulfide) groups is 1. The lowest BCUT2D eigenvalue weighted by atomic mass is 9.73. The van der Waals surface area contributed by atoms with Gasteiger partial charge in [0.15, 0.2) is 0 Å². The monoisotopic (exact) mass is 739 g/mol. The van der Waals surface area contributed by atoms with Gasteiger partial charge in [-0.25, -0.2) is 4.98 Å². The van der Waals surface area contributed by atoms with Crippen LogP contribution in [0.4, 0.5) is 0 Å². The van der Waals surface area contributed by atoms with Crippen molar-refractivity contribution >= 4 is 38.6 Å². The lowest BCUT2D eigenvalue weighted by molar-refractivity contribution is 0.478. The van der Waals surface area contributed by atoms with E-state index in [1.54, 1.807) is 0 Å². The summed E-state index contributed by atoms with van der Waals surface area (Å²) in [5, 5.41) is 3.58. The van der Waals surface area contributed by atoms with Crippen LogP contribution in [-0.2, 0) is 10.8 Å². The SMILES string of the molecule is Cc1cc2c3cc(C(C)(C)C)cc4c3n(c2cc1Oc1cc(C2=N[C@H](C(c3ccccc3)c3ccccc3)CS2)cc(C(C)C)c1)-c1ncccc1C4(C)C. The third kappa shape index (κ3) is 6.08. The van der Waals surface area contributed by atoms with Gasteiger partial charge in [-0.05, 0) is 88.0 Å². The van der Waals surface area contributed by atoms with Gasteiger partial charge in [-0.2, -0.15) is 0 Å². The van der Waals surface area contributed by atoms with Crippen LogP contribution in [0.1, 0.15) is 105 Å². The Kier molecular flexibility index (Phi) is 8.58. The van der Waals surface area contributed by atoms with Crippen molar-refractivity contribution in [2.24, 2.45) is 4.99 Å². The van der Waals surface area contributed by atoms with Gasteiger partial charge in [0.2, 0.25) is 0 Å². The van der Waals surface area contributed by atoms with E-state index in [-0.39, 0.29) is 22.8 Å². The maximum atomic E-state index is 6.97. The number of fused-ring (bicyclic) bond motifs is 5. The molecule has 0 saturated heterocycles. The summed E-state index contributed by atoms with van der Waals surface area (Å²) in [6, 6.07) is 42.2. The zero-order valence-corrected chi connectivity index (χ0v) is 34.0. The third-order valence-corrected chi connectivity index (χ3v) is 12.9. The van der Waals surface area contributed by atoms with E-state index in [0.29, 0.717) is 5.92 Å². The molecule has 0 amide bonds. The number of aliphatic imine (C=N–C) groups is 1. The van der Waals surface area contributed by atoms with E-state index < -0.39 is 0 Å². The van der Waals surface area contributed by atoms with E-state index >= 15 is 0 Å². The normalized spacial score (nSPS) is 16.3. The van der Waals surface area contributed by atoms with Gasteiger partial charge in [0.1, 0.15) is 17.3 Å². The van der Waals surface area contributed by atoms with Crippen molar-refractivity contribution in [3.8, 4) is 17.3 Å².